The number of nitrogens with zero attached hydrogens (tertiary/aromatic N) is 2. The van der Waals surface area contributed by atoms with Gasteiger partial charge in [-0.3, -0.25) is 10.1 Å². The Hall–Kier alpha value is -2.21. The number of hydrogen-bond acceptors (Lipinski definition) is 5. The Labute approximate surface area is 134 Å². The lowest BCUT2D eigenvalue weighted by molar-refractivity contribution is 0.0893. The Kier molecular flexibility index (Phi) is 3.83. The minimum Gasteiger partial charge on any atom is -0.405 e. The van der Waals surface area contributed by atoms with E-state index in [2.05, 4.69) is 21.6 Å². The quantitative estimate of drug-likeness (QED) is 0.942. The molecule has 1 unspecified atom stereocenters. The van der Waals surface area contributed by atoms with Crippen LogP contribution in [0.4, 0.5) is 6.01 Å². The fraction of sp³-hybridized carbons (Fsp3) is 0.471. The van der Waals surface area contributed by atoms with E-state index in [-0.39, 0.29) is 18.0 Å². The summed E-state index contributed by atoms with van der Waals surface area (Å²) in [4.78, 5) is 12.4. The van der Waals surface area contributed by atoms with Crippen molar-refractivity contribution >= 4 is 11.9 Å². The largest absolute Gasteiger partial charge is 0.405 e. The lowest BCUT2D eigenvalue weighted by Crippen LogP contribution is -2.14. The molecule has 6 heteroatoms. The van der Waals surface area contributed by atoms with E-state index in [1.807, 2.05) is 12.1 Å². The van der Waals surface area contributed by atoms with Gasteiger partial charge >= 0.3 is 6.01 Å². The third kappa shape index (κ3) is 2.99. The molecule has 1 aliphatic carbocycles. The zero-order valence-corrected chi connectivity index (χ0v) is 12.9. The van der Waals surface area contributed by atoms with E-state index in [0.717, 1.165) is 25.7 Å². The summed E-state index contributed by atoms with van der Waals surface area (Å²) in [5.41, 5.74) is 3.25. The number of amides is 1. The van der Waals surface area contributed by atoms with Crippen molar-refractivity contribution in [3.63, 3.8) is 0 Å². The van der Waals surface area contributed by atoms with Crippen LogP contribution in [0, 0.1) is 0 Å². The number of ether oxygens (including phenoxy) is 1. The number of aromatic nitrogens is 2. The summed E-state index contributed by atoms with van der Waals surface area (Å²) in [7, 11) is 0. The maximum Gasteiger partial charge on any atom is 0.322 e. The summed E-state index contributed by atoms with van der Waals surface area (Å²) >= 11 is 0. The van der Waals surface area contributed by atoms with Crippen LogP contribution in [-0.2, 0) is 17.6 Å². The third-order valence-electron chi connectivity index (χ3n) is 4.48. The second-order valence-electron chi connectivity index (χ2n) is 6.09. The molecule has 1 amide bonds. The van der Waals surface area contributed by atoms with E-state index in [9.17, 15) is 4.79 Å². The predicted octanol–water partition coefficient (Wildman–Crippen LogP) is 3.05. The summed E-state index contributed by atoms with van der Waals surface area (Å²) in [5, 5.41) is 10.5. The van der Waals surface area contributed by atoms with E-state index >= 15 is 0 Å². The summed E-state index contributed by atoms with van der Waals surface area (Å²) in [6.45, 7) is 0.712. The van der Waals surface area contributed by atoms with Crippen LogP contribution in [0.25, 0.3) is 0 Å². The molecule has 4 rings (SSSR count). The van der Waals surface area contributed by atoms with Crippen LogP contribution in [0.15, 0.2) is 22.6 Å². The summed E-state index contributed by atoms with van der Waals surface area (Å²) in [5.74, 6) is 0.212. The maximum absolute atomic E-state index is 12.4. The molecular formula is C17H19N3O3. The maximum atomic E-state index is 12.4. The number of aryl methyl sites for hydroxylation is 2. The van der Waals surface area contributed by atoms with E-state index in [1.165, 1.54) is 24.0 Å². The van der Waals surface area contributed by atoms with Crippen LogP contribution in [0.2, 0.25) is 0 Å². The lowest BCUT2D eigenvalue weighted by Gasteiger charge is -2.16. The average molecular weight is 313 g/mol. The molecule has 2 aromatic rings. The number of fused-ring (bicyclic) bond motifs is 1. The van der Waals surface area contributed by atoms with E-state index < -0.39 is 0 Å². The van der Waals surface area contributed by atoms with Crippen molar-refractivity contribution in [2.75, 3.05) is 11.9 Å². The van der Waals surface area contributed by atoms with Crippen molar-refractivity contribution in [1.29, 1.82) is 0 Å². The van der Waals surface area contributed by atoms with Gasteiger partial charge in [0.05, 0.1) is 0 Å². The van der Waals surface area contributed by atoms with Gasteiger partial charge in [-0.25, -0.2) is 0 Å². The minimum atomic E-state index is -0.221. The molecule has 1 saturated heterocycles. The zero-order chi connectivity index (χ0) is 15.6. The van der Waals surface area contributed by atoms with Gasteiger partial charge in [-0.2, -0.15) is 0 Å². The molecular weight excluding hydrogens is 294 g/mol. The standard InChI is InChI=1S/C17H19N3O3/c21-15(13-8-7-11-4-1-2-5-12(11)10-13)18-17-20-19-16(23-17)14-6-3-9-22-14/h7-8,10,14H,1-6,9H2,(H,18,20,21). The van der Waals surface area contributed by atoms with Crippen LogP contribution in [0.5, 0.6) is 0 Å². The normalized spacial score (nSPS) is 20.3. The number of anilines is 1. The van der Waals surface area contributed by atoms with Gasteiger partial charge < -0.3 is 9.15 Å². The molecule has 0 spiro atoms. The Balaban J connectivity index is 1.47. The molecule has 6 nitrogen and oxygen atoms in total. The van der Waals surface area contributed by atoms with Gasteiger partial charge in [0.2, 0.25) is 5.89 Å². The molecule has 1 aliphatic heterocycles. The van der Waals surface area contributed by atoms with Gasteiger partial charge in [0.25, 0.3) is 5.91 Å². The average Bonchev–Trinajstić information content (AvgIpc) is 3.25. The van der Waals surface area contributed by atoms with Gasteiger partial charge in [0, 0.05) is 12.2 Å². The summed E-state index contributed by atoms with van der Waals surface area (Å²) in [6, 6.07) is 6.01. The number of carbonyl (C=O) groups is 1. The first-order valence-electron chi connectivity index (χ1n) is 8.18. The Morgan fingerprint density at radius 1 is 1.13 bits per heavy atom. The van der Waals surface area contributed by atoms with Crippen LogP contribution in [0.1, 0.15) is 59.2 Å². The highest BCUT2D eigenvalue weighted by atomic mass is 16.5. The molecule has 0 radical (unpaired) electrons. The van der Waals surface area contributed by atoms with Crippen LogP contribution in [-0.4, -0.2) is 22.7 Å². The monoisotopic (exact) mass is 313 g/mol. The molecule has 2 heterocycles. The van der Waals surface area contributed by atoms with E-state index in [1.54, 1.807) is 0 Å². The molecule has 1 aromatic heterocycles. The smallest absolute Gasteiger partial charge is 0.322 e. The summed E-state index contributed by atoms with van der Waals surface area (Å²) < 4.78 is 11.0. The first-order chi connectivity index (χ1) is 11.3. The van der Waals surface area contributed by atoms with Crippen LogP contribution < -0.4 is 5.32 Å². The second kappa shape index (κ2) is 6.12. The molecule has 1 N–H and O–H groups in total. The highest BCUT2D eigenvalue weighted by Crippen LogP contribution is 2.28. The molecule has 1 atom stereocenters. The van der Waals surface area contributed by atoms with E-state index in [4.69, 9.17) is 9.15 Å². The van der Waals surface area contributed by atoms with Gasteiger partial charge in [-0.05, 0) is 61.8 Å². The van der Waals surface area contributed by atoms with E-state index in [0.29, 0.717) is 18.1 Å². The lowest BCUT2D eigenvalue weighted by atomic mass is 9.90. The number of benzene rings is 1. The van der Waals surface area contributed by atoms with Crippen molar-refractivity contribution in [3.05, 3.63) is 40.8 Å². The first-order valence-corrected chi connectivity index (χ1v) is 8.18. The topological polar surface area (TPSA) is 77.2 Å². The van der Waals surface area contributed by atoms with Gasteiger partial charge in [-0.15, -0.1) is 5.10 Å². The second-order valence-corrected chi connectivity index (χ2v) is 6.09. The summed E-state index contributed by atoms with van der Waals surface area (Å²) in [6.07, 6.45) is 6.28. The van der Waals surface area contributed by atoms with Gasteiger partial charge in [0.15, 0.2) is 0 Å². The molecule has 23 heavy (non-hydrogen) atoms. The van der Waals surface area contributed by atoms with Crippen molar-refractivity contribution in [1.82, 2.24) is 10.2 Å². The zero-order valence-electron chi connectivity index (χ0n) is 12.9. The fourth-order valence-electron chi connectivity index (χ4n) is 3.23. The molecule has 2 aliphatic rings. The SMILES string of the molecule is O=C(Nc1nnc(C2CCCO2)o1)c1ccc2c(c1)CCCC2. The molecule has 1 fully saturated rings. The predicted molar refractivity (Wildman–Crippen MR) is 83.3 cm³/mol. The highest BCUT2D eigenvalue weighted by molar-refractivity contribution is 6.03. The number of nitrogens with one attached hydrogen (secondary N) is 1. The van der Waals surface area contributed by atoms with Crippen molar-refractivity contribution < 1.29 is 13.9 Å². The highest BCUT2D eigenvalue weighted by Gasteiger charge is 2.24. The molecule has 0 bridgehead atoms. The number of carbonyl (C=O) groups excluding carboxylic acids is 1. The van der Waals surface area contributed by atoms with Crippen LogP contribution in [0.3, 0.4) is 0 Å². The molecule has 120 valence electrons. The number of hydrogen-bond donors (Lipinski definition) is 1. The van der Waals surface area contributed by atoms with Crippen molar-refractivity contribution in [3.8, 4) is 0 Å². The Morgan fingerprint density at radius 2 is 2.00 bits per heavy atom. The molecule has 0 saturated carbocycles. The number of rotatable bonds is 3. The van der Waals surface area contributed by atoms with Crippen molar-refractivity contribution in [2.45, 2.75) is 44.6 Å². The third-order valence-corrected chi connectivity index (χ3v) is 4.48. The van der Waals surface area contributed by atoms with Crippen LogP contribution >= 0.6 is 0 Å². The minimum absolute atomic E-state index is 0.123. The first kappa shape index (κ1) is 14.4. The fourth-order valence-corrected chi connectivity index (χ4v) is 3.23. The molecule has 1 aromatic carbocycles. The van der Waals surface area contributed by atoms with Gasteiger partial charge in [-0.1, -0.05) is 11.2 Å². The van der Waals surface area contributed by atoms with Crippen molar-refractivity contribution in [2.24, 2.45) is 0 Å². The van der Waals surface area contributed by atoms with Gasteiger partial charge in [0.1, 0.15) is 6.10 Å². The Morgan fingerprint density at radius 3 is 2.83 bits per heavy atom. The Bertz CT molecular complexity index is 720.